The molecule has 5 rings (SSSR count). The Morgan fingerprint density at radius 3 is 2.13 bits per heavy atom. The van der Waals surface area contributed by atoms with E-state index in [0.717, 1.165) is 46.7 Å². The first-order chi connectivity index (χ1) is 22.6. The number of hydrogen-bond donors (Lipinski definition) is 1. The van der Waals surface area contributed by atoms with Gasteiger partial charge in [-0.3, -0.25) is 13.9 Å². The Balaban J connectivity index is 1.49. The number of rotatable bonds is 13. The summed E-state index contributed by atoms with van der Waals surface area (Å²) in [6.07, 6.45) is 4.34. The minimum Gasteiger partial charge on any atom is -0.457 e. The zero-order valence-electron chi connectivity index (χ0n) is 27.3. The van der Waals surface area contributed by atoms with E-state index in [1.807, 2.05) is 75.4 Å². The highest BCUT2D eigenvalue weighted by Crippen LogP contribution is 2.29. The van der Waals surface area contributed by atoms with Crippen molar-refractivity contribution in [2.45, 2.75) is 76.4 Å². The van der Waals surface area contributed by atoms with E-state index in [9.17, 15) is 18.0 Å². The molecule has 0 radical (unpaired) electrons. The van der Waals surface area contributed by atoms with Crippen LogP contribution in [0.15, 0.2) is 108 Å². The van der Waals surface area contributed by atoms with Gasteiger partial charge in [-0.2, -0.15) is 0 Å². The molecule has 1 unspecified atom stereocenters. The molecule has 0 aromatic heterocycles. The van der Waals surface area contributed by atoms with Crippen LogP contribution in [-0.2, 0) is 26.2 Å². The van der Waals surface area contributed by atoms with Crippen LogP contribution < -0.4 is 14.4 Å². The van der Waals surface area contributed by atoms with Crippen LogP contribution >= 0.6 is 0 Å². The predicted molar refractivity (Wildman–Crippen MR) is 185 cm³/mol. The highest BCUT2D eigenvalue weighted by Gasteiger charge is 2.34. The molecule has 1 fully saturated rings. The smallest absolute Gasteiger partial charge is 0.264 e. The molecule has 1 atom stereocenters. The molecule has 1 aliphatic carbocycles. The summed E-state index contributed by atoms with van der Waals surface area (Å²) >= 11 is 0. The lowest BCUT2D eigenvalue weighted by Gasteiger charge is -2.34. The number of hydrogen-bond acceptors (Lipinski definition) is 5. The Hall–Kier alpha value is -4.63. The van der Waals surface area contributed by atoms with Gasteiger partial charge in [0.05, 0.1) is 10.6 Å². The van der Waals surface area contributed by atoms with Gasteiger partial charge in [-0.1, -0.05) is 85.5 Å². The summed E-state index contributed by atoms with van der Waals surface area (Å²) < 4.78 is 35.5. The van der Waals surface area contributed by atoms with Crippen molar-refractivity contribution in [3.8, 4) is 11.5 Å². The van der Waals surface area contributed by atoms with Crippen LogP contribution in [0.25, 0.3) is 0 Å². The number of nitrogens with zero attached hydrogens (tertiary/aromatic N) is 2. The number of carbonyl (C=O) groups is 2. The van der Waals surface area contributed by atoms with E-state index in [0.29, 0.717) is 23.6 Å². The van der Waals surface area contributed by atoms with Crippen molar-refractivity contribution in [2.24, 2.45) is 0 Å². The number of ether oxygens (including phenoxy) is 1. The molecule has 246 valence electrons. The standard InChI is InChI=1S/C38H43N3O5S/c1-4-36(38(43)39-31-13-8-9-14-31)40(26-30-12-10-11-29(3)25-30)37(42)27-41(47(44,45)35-23-17-28(2)18-24-35)32-19-21-34(22-20-32)46-33-15-6-5-7-16-33/h5-7,10-12,15-25,31,36H,4,8-9,13-14,26-27H2,1-3H3,(H,39,43). The van der Waals surface area contributed by atoms with Gasteiger partial charge in [-0.25, -0.2) is 8.42 Å². The second kappa shape index (κ2) is 15.3. The zero-order valence-corrected chi connectivity index (χ0v) is 28.1. The summed E-state index contributed by atoms with van der Waals surface area (Å²) in [5.41, 5.74) is 3.11. The molecule has 0 bridgehead atoms. The molecule has 2 amide bonds. The normalized spacial score (nSPS) is 13.9. The predicted octanol–water partition coefficient (Wildman–Crippen LogP) is 7.16. The fourth-order valence-corrected chi connectivity index (χ4v) is 7.38. The summed E-state index contributed by atoms with van der Waals surface area (Å²) in [6.45, 7) is 5.41. The van der Waals surface area contributed by atoms with Crippen molar-refractivity contribution in [1.82, 2.24) is 10.2 Å². The first kappa shape index (κ1) is 33.7. The average Bonchev–Trinajstić information content (AvgIpc) is 3.57. The van der Waals surface area contributed by atoms with Crippen molar-refractivity contribution in [3.63, 3.8) is 0 Å². The van der Waals surface area contributed by atoms with E-state index < -0.39 is 28.5 Å². The van der Waals surface area contributed by atoms with Crippen molar-refractivity contribution < 1.29 is 22.7 Å². The number of nitrogens with one attached hydrogen (secondary N) is 1. The third-order valence-corrected chi connectivity index (χ3v) is 10.3. The molecule has 0 spiro atoms. The lowest BCUT2D eigenvalue weighted by Crippen LogP contribution is -2.53. The van der Waals surface area contributed by atoms with Crippen LogP contribution in [0.3, 0.4) is 0 Å². The van der Waals surface area contributed by atoms with E-state index in [1.165, 1.54) is 4.90 Å². The lowest BCUT2D eigenvalue weighted by atomic mass is 10.1. The van der Waals surface area contributed by atoms with Crippen LogP contribution in [0, 0.1) is 13.8 Å². The zero-order chi connectivity index (χ0) is 33.4. The van der Waals surface area contributed by atoms with Gasteiger partial charge in [-0.15, -0.1) is 0 Å². The van der Waals surface area contributed by atoms with Crippen molar-refractivity contribution in [2.75, 3.05) is 10.8 Å². The van der Waals surface area contributed by atoms with Gasteiger partial charge >= 0.3 is 0 Å². The minimum atomic E-state index is -4.18. The maximum Gasteiger partial charge on any atom is 0.264 e. The van der Waals surface area contributed by atoms with Crippen LogP contribution in [0.4, 0.5) is 5.69 Å². The molecule has 47 heavy (non-hydrogen) atoms. The number of sulfonamides is 1. The maximum absolute atomic E-state index is 14.4. The number of carbonyl (C=O) groups excluding carboxylic acids is 2. The van der Waals surface area contributed by atoms with Crippen molar-refractivity contribution in [3.05, 3.63) is 120 Å². The van der Waals surface area contributed by atoms with E-state index in [1.54, 1.807) is 48.5 Å². The summed E-state index contributed by atoms with van der Waals surface area (Å²) in [5, 5.41) is 3.16. The number of amides is 2. The lowest BCUT2D eigenvalue weighted by molar-refractivity contribution is -0.140. The molecule has 0 heterocycles. The average molecular weight is 654 g/mol. The summed E-state index contributed by atoms with van der Waals surface area (Å²) in [5.74, 6) is 0.485. The number of aryl methyl sites for hydroxylation is 2. The fourth-order valence-electron chi connectivity index (χ4n) is 5.97. The minimum absolute atomic E-state index is 0.0664. The molecular formula is C38H43N3O5S. The molecule has 1 saturated carbocycles. The van der Waals surface area contributed by atoms with Gasteiger partial charge in [0.1, 0.15) is 24.1 Å². The number of para-hydroxylation sites is 1. The Kier molecular flexibility index (Phi) is 11.0. The summed E-state index contributed by atoms with van der Waals surface area (Å²) in [6, 6.07) is 29.6. The largest absolute Gasteiger partial charge is 0.457 e. The van der Waals surface area contributed by atoms with Gasteiger partial charge in [0.25, 0.3) is 10.0 Å². The first-order valence-corrected chi connectivity index (χ1v) is 17.7. The molecule has 0 aliphatic heterocycles. The highest BCUT2D eigenvalue weighted by atomic mass is 32.2. The molecule has 1 aliphatic rings. The first-order valence-electron chi connectivity index (χ1n) is 16.2. The van der Waals surface area contributed by atoms with Gasteiger partial charge in [0.2, 0.25) is 11.8 Å². The van der Waals surface area contributed by atoms with Gasteiger partial charge in [0.15, 0.2) is 0 Å². The highest BCUT2D eigenvalue weighted by molar-refractivity contribution is 7.92. The van der Waals surface area contributed by atoms with E-state index in [-0.39, 0.29) is 23.4 Å². The molecule has 8 nitrogen and oxygen atoms in total. The third-order valence-electron chi connectivity index (χ3n) is 8.51. The van der Waals surface area contributed by atoms with Gasteiger partial charge in [-0.05, 0) is 87.2 Å². The third kappa shape index (κ3) is 8.60. The second-order valence-corrected chi connectivity index (χ2v) is 14.0. The Morgan fingerprint density at radius 1 is 0.830 bits per heavy atom. The van der Waals surface area contributed by atoms with Gasteiger partial charge < -0.3 is 15.0 Å². The van der Waals surface area contributed by atoms with E-state index in [4.69, 9.17) is 4.74 Å². The van der Waals surface area contributed by atoms with Crippen LogP contribution in [0.1, 0.15) is 55.7 Å². The van der Waals surface area contributed by atoms with E-state index >= 15 is 0 Å². The topological polar surface area (TPSA) is 96.0 Å². The molecular weight excluding hydrogens is 611 g/mol. The number of benzene rings is 4. The van der Waals surface area contributed by atoms with Gasteiger partial charge in [0, 0.05) is 12.6 Å². The molecule has 0 saturated heterocycles. The second-order valence-electron chi connectivity index (χ2n) is 12.2. The quantitative estimate of drug-likeness (QED) is 0.165. The Bertz CT molecular complexity index is 1750. The maximum atomic E-state index is 14.4. The van der Waals surface area contributed by atoms with Crippen LogP contribution in [0.5, 0.6) is 11.5 Å². The monoisotopic (exact) mass is 653 g/mol. The molecule has 9 heteroatoms. The Morgan fingerprint density at radius 2 is 1.49 bits per heavy atom. The molecule has 1 N–H and O–H groups in total. The van der Waals surface area contributed by atoms with Crippen LogP contribution in [0.2, 0.25) is 0 Å². The molecule has 4 aromatic rings. The number of anilines is 1. The van der Waals surface area contributed by atoms with Crippen LogP contribution in [-0.4, -0.2) is 43.8 Å². The van der Waals surface area contributed by atoms with Crippen molar-refractivity contribution in [1.29, 1.82) is 0 Å². The summed E-state index contributed by atoms with van der Waals surface area (Å²) in [7, 11) is -4.18. The van der Waals surface area contributed by atoms with Crippen molar-refractivity contribution >= 4 is 27.5 Å². The Labute approximate surface area is 278 Å². The summed E-state index contributed by atoms with van der Waals surface area (Å²) in [4.78, 5) is 29.7. The van der Waals surface area contributed by atoms with E-state index in [2.05, 4.69) is 5.32 Å². The molecule has 4 aromatic carbocycles. The fraction of sp³-hybridized carbons (Fsp3) is 0.316. The SMILES string of the molecule is CCC(C(=O)NC1CCCC1)N(Cc1cccc(C)c1)C(=O)CN(c1ccc(Oc2ccccc2)cc1)S(=O)(=O)c1ccc(C)cc1.